The summed E-state index contributed by atoms with van der Waals surface area (Å²) in [4.78, 5) is 9.94. The Balaban J connectivity index is 1.95. The highest BCUT2D eigenvalue weighted by Gasteiger charge is 2.31. The van der Waals surface area contributed by atoms with Crippen LogP contribution in [0.2, 0.25) is 5.02 Å². The van der Waals surface area contributed by atoms with E-state index in [0.29, 0.717) is 0 Å². The van der Waals surface area contributed by atoms with Gasteiger partial charge in [0.2, 0.25) is 0 Å². The molecule has 2 nitrogen and oxygen atoms in total. The summed E-state index contributed by atoms with van der Waals surface area (Å²) < 4.78 is 0. The van der Waals surface area contributed by atoms with Crippen LogP contribution in [0, 0.1) is 0 Å². The fraction of sp³-hybridized carbons (Fsp3) is 0.238. The standard InChI is InChI=1S/C21H19ClN2/c1-3-21(2)13-16-15(8-6-9-17(16)22)20(24-21)19-12-11-14-7-4-5-10-18(14)23-19/h4-12H,3,13H2,1-2H3. The molecule has 4 rings (SSSR count). The van der Waals surface area contributed by atoms with Crippen LogP contribution in [0.1, 0.15) is 37.1 Å². The van der Waals surface area contributed by atoms with Gasteiger partial charge in [-0.2, -0.15) is 0 Å². The average Bonchev–Trinajstić information content (AvgIpc) is 2.62. The third-order valence-electron chi connectivity index (χ3n) is 4.92. The Morgan fingerprint density at radius 1 is 1.04 bits per heavy atom. The van der Waals surface area contributed by atoms with E-state index in [1.165, 1.54) is 5.56 Å². The molecular formula is C21H19ClN2. The predicted octanol–water partition coefficient (Wildman–Crippen LogP) is 5.45. The molecule has 0 N–H and O–H groups in total. The van der Waals surface area contributed by atoms with E-state index in [0.717, 1.165) is 45.7 Å². The third-order valence-corrected chi connectivity index (χ3v) is 5.27. The first kappa shape index (κ1) is 15.3. The fourth-order valence-corrected chi connectivity index (χ4v) is 3.55. The molecule has 0 fully saturated rings. The lowest BCUT2D eigenvalue weighted by atomic mass is 9.83. The van der Waals surface area contributed by atoms with Gasteiger partial charge >= 0.3 is 0 Å². The van der Waals surface area contributed by atoms with Crippen molar-refractivity contribution in [3.8, 4) is 0 Å². The Labute approximate surface area is 147 Å². The molecule has 0 amide bonds. The highest BCUT2D eigenvalue weighted by Crippen LogP contribution is 2.35. The molecule has 3 heteroatoms. The van der Waals surface area contributed by atoms with Crippen LogP contribution in [0.25, 0.3) is 10.9 Å². The molecule has 1 aliphatic heterocycles. The van der Waals surface area contributed by atoms with Gasteiger partial charge < -0.3 is 0 Å². The van der Waals surface area contributed by atoms with E-state index in [1.54, 1.807) is 0 Å². The number of halogens is 1. The smallest absolute Gasteiger partial charge is 0.0913 e. The minimum atomic E-state index is -0.138. The normalized spacial score (nSPS) is 19.9. The molecule has 2 heterocycles. The highest BCUT2D eigenvalue weighted by atomic mass is 35.5. The second kappa shape index (κ2) is 5.71. The number of hydrogen-bond acceptors (Lipinski definition) is 2. The molecule has 120 valence electrons. The number of fused-ring (bicyclic) bond motifs is 2. The zero-order valence-electron chi connectivity index (χ0n) is 13.9. The van der Waals surface area contributed by atoms with Crippen molar-refractivity contribution in [2.45, 2.75) is 32.2 Å². The number of rotatable bonds is 2. The molecule has 0 aliphatic carbocycles. The van der Waals surface area contributed by atoms with Crippen molar-refractivity contribution >= 4 is 28.2 Å². The van der Waals surface area contributed by atoms with Gasteiger partial charge in [-0.25, -0.2) is 4.98 Å². The lowest BCUT2D eigenvalue weighted by Crippen LogP contribution is -2.32. The van der Waals surface area contributed by atoms with Crippen molar-refractivity contribution in [1.29, 1.82) is 0 Å². The lowest BCUT2D eigenvalue weighted by Gasteiger charge is -2.32. The Morgan fingerprint density at radius 3 is 2.71 bits per heavy atom. The van der Waals surface area contributed by atoms with Crippen molar-refractivity contribution in [2.24, 2.45) is 4.99 Å². The maximum absolute atomic E-state index is 6.50. The van der Waals surface area contributed by atoms with Crippen LogP contribution in [0.4, 0.5) is 0 Å². The molecule has 0 saturated heterocycles. The van der Waals surface area contributed by atoms with Crippen LogP contribution < -0.4 is 0 Å². The molecule has 1 atom stereocenters. The number of nitrogens with zero attached hydrogens (tertiary/aromatic N) is 2. The predicted molar refractivity (Wildman–Crippen MR) is 101 cm³/mol. The summed E-state index contributed by atoms with van der Waals surface area (Å²) in [5.74, 6) is 0. The highest BCUT2D eigenvalue weighted by molar-refractivity contribution is 6.32. The summed E-state index contributed by atoms with van der Waals surface area (Å²) in [6.45, 7) is 4.37. The SMILES string of the molecule is CCC1(C)Cc2c(Cl)cccc2C(c2ccc3ccccc3n2)=N1. The second-order valence-corrected chi connectivity index (χ2v) is 7.05. The fourth-order valence-electron chi connectivity index (χ4n) is 3.31. The van der Waals surface area contributed by atoms with Crippen molar-refractivity contribution in [3.05, 3.63) is 76.4 Å². The molecule has 24 heavy (non-hydrogen) atoms. The van der Waals surface area contributed by atoms with Crippen LogP contribution in [-0.4, -0.2) is 16.2 Å². The topological polar surface area (TPSA) is 25.2 Å². The largest absolute Gasteiger partial charge is 0.276 e. The maximum atomic E-state index is 6.50. The third kappa shape index (κ3) is 2.51. The zero-order chi connectivity index (χ0) is 16.7. The minimum Gasteiger partial charge on any atom is -0.276 e. The Hall–Kier alpha value is -2.19. The van der Waals surface area contributed by atoms with Crippen LogP contribution in [0.3, 0.4) is 0 Å². The van der Waals surface area contributed by atoms with Crippen LogP contribution >= 0.6 is 11.6 Å². The molecular weight excluding hydrogens is 316 g/mol. The molecule has 1 unspecified atom stereocenters. The number of pyridine rings is 1. The first-order valence-corrected chi connectivity index (χ1v) is 8.71. The number of para-hydroxylation sites is 1. The Morgan fingerprint density at radius 2 is 1.88 bits per heavy atom. The summed E-state index contributed by atoms with van der Waals surface area (Å²) >= 11 is 6.50. The van der Waals surface area contributed by atoms with E-state index < -0.39 is 0 Å². The van der Waals surface area contributed by atoms with Gasteiger partial charge in [-0.3, -0.25) is 4.99 Å². The molecule has 1 aromatic heterocycles. The van der Waals surface area contributed by atoms with Crippen LogP contribution in [0.15, 0.2) is 59.6 Å². The maximum Gasteiger partial charge on any atom is 0.0913 e. The van der Waals surface area contributed by atoms with E-state index in [4.69, 9.17) is 21.6 Å². The van der Waals surface area contributed by atoms with E-state index in [1.807, 2.05) is 30.3 Å². The Bertz CT molecular complexity index is 961. The minimum absolute atomic E-state index is 0.138. The first-order chi connectivity index (χ1) is 11.6. The van der Waals surface area contributed by atoms with Gasteiger partial charge in [0.05, 0.1) is 22.5 Å². The first-order valence-electron chi connectivity index (χ1n) is 8.33. The summed E-state index contributed by atoms with van der Waals surface area (Å²) in [5.41, 5.74) is 5.01. The van der Waals surface area contributed by atoms with E-state index in [2.05, 4.69) is 38.1 Å². The van der Waals surface area contributed by atoms with Crippen molar-refractivity contribution in [3.63, 3.8) is 0 Å². The van der Waals surface area contributed by atoms with E-state index >= 15 is 0 Å². The van der Waals surface area contributed by atoms with Crippen molar-refractivity contribution < 1.29 is 0 Å². The van der Waals surface area contributed by atoms with Crippen molar-refractivity contribution in [1.82, 2.24) is 4.98 Å². The average molecular weight is 335 g/mol. The summed E-state index contributed by atoms with van der Waals surface area (Å²) in [7, 11) is 0. The number of hydrogen-bond donors (Lipinski definition) is 0. The monoisotopic (exact) mass is 334 g/mol. The van der Waals surface area contributed by atoms with Gasteiger partial charge in [-0.05, 0) is 43.5 Å². The van der Waals surface area contributed by atoms with Gasteiger partial charge in [-0.1, -0.05) is 54.9 Å². The van der Waals surface area contributed by atoms with Gasteiger partial charge in [0.25, 0.3) is 0 Å². The summed E-state index contributed by atoms with van der Waals surface area (Å²) in [6.07, 6.45) is 1.84. The molecule has 0 spiro atoms. The summed E-state index contributed by atoms with van der Waals surface area (Å²) in [6, 6.07) is 18.4. The zero-order valence-corrected chi connectivity index (χ0v) is 14.6. The van der Waals surface area contributed by atoms with Crippen LogP contribution in [-0.2, 0) is 6.42 Å². The molecule has 3 aromatic rings. The van der Waals surface area contributed by atoms with E-state index in [9.17, 15) is 0 Å². The van der Waals surface area contributed by atoms with Crippen molar-refractivity contribution in [2.75, 3.05) is 0 Å². The Kier molecular flexibility index (Phi) is 3.65. The summed E-state index contributed by atoms with van der Waals surface area (Å²) in [5, 5.41) is 1.96. The molecule has 2 aromatic carbocycles. The van der Waals surface area contributed by atoms with Gasteiger partial charge in [0, 0.05) is 16.0 Å². The molecule has 1 aliphatic rings. The number of aliphatic imine (C=N–C) groups is 1. The van der Waals surface area contributed by atoms with Gasteiger partial charge in [0.1, 0.15) is 0 Å². The van der Waals surface area contributed by atoms with Gasteiger partial charge in [0.15, 0.2) is 0 Å². The number of benzene rings is 2. The molecule has 0 bridgehead atoms. The molecule has 0 saturated carbocycles. The van der Waals surface area contributed by atoms with Gasteiger partial charge in [-0.15, -0.1) is 0 Å². The second-order valence-electron chi connectivity index (χ2n) is 6.64. The quantitative estimate of drug-likeness (QED) is 0.611. The molecule has 0 radical (unpaired) electrons. The van der Waals surface area contributed by atoms with E-state index in [-0.39, 0.29) is 5.54 Å². The lowest BCUT2D eigenvalue weighted by molar-refractivity contribution is 0.448. The van der Waals surface area contributed by atoms with Crippen LogP contribution in [0.5, 0.6) is 0 Å². The number of aromatic nitrogens is 1.